The van der Waals surface area contributed by atoms with Crippen molar-refractivity contribution in [2.24, 2.45) is 0 Å². The second-order valence-corrected chi connectivity index (χ2v) is 11.3. The van der Waals surface area contributed by atoms with E-state index in [0.29, 0.717) is 11.7 Å². The lowest BCUT2D eigenvalue weighted by molar-refractivity contribution is 0.119. The van der Waals surface area contributed by atoms with Crippen LogP contribution in [0.1, 0.15) is 89.2 Å². The Hall–Kier alpha value is -0.803. The number of hydrogen-bond donors (Lipinski definition) is 2. The largest absolute Gasteiger partial charge is 0.508 e. The number of aliphatic hydroxyl groups is 1. The van der Waals surface area contributed by atoms with Gasteiger partial charge < -0.3 is 10.2 Å². The first-order valence-electron chi connectivity index (χ1n) is 9.95. The minimum absolute atomic E-state index is 0.198. The van der Waals surface area contributed by atoms with Gasteiger partial charge in [0, 0.05) is 9.52 Å². The first kappa shape index (κ1) is 19.5. The van der Waals surface area contributed by atoms with Gasteiger partial charge in [-0.1, -0.05) is 71.1 Å². The molecule has 0 radical (unpaired) electrons. The van der Waals surface area contributed by atoms with E-state index in [1.54, 1.807) is 0 Å². The Kier molecular flexibility index (Phi) is 7.36. The van der Waals surface area contributed by atoms with E-state index in [9.17, 15) is 10.2 Å². The maximum Gasteiger partial charge on any atom is 0.119 e. The van der Waals surface area contributed by atoms with Crippen LogP contribution in [0.2, 0.25) is 6.04 Å². The van der Waals surface area contributed by atoms with Gasteiger partial charge in [0.25, 0.3) is 0 Å². The van der Waals surface area contributed by atoms with E-state index in [1.807, 2.05) is 6.07 Å². The molecule has 2 atom stereocenters. The average molecular weight is 349 g/mol. The molecule has 0 bridgehead atoms. The molecule has 1 aliphatic carbocycles. The molecule has 0 aromatic heterocycles. The van der Waals surface area contributed by atoms with Crippen molar-refractivity contribution >= 4 is 9.52 Å². The number of aliphatic hydroxyl groups excluding tert-OH is 1. The van der Waals surface area contributed by atoms with Crippen LogP contribution in [0.3, 0.4) is 0 Å². The molecular formula is C21H36O2Si. The van der Waals surface area contributed by atoms with Crippen molar-refractivity contribution in [3.8, 4) is 5.75 Å². The quantitative estimate of drug-likeness (QED) is 0.522. The second kappa shape index (κ2) is 9.05. The summed E-state index contributed by atoms with van der Waals surface area (Å²) in [5.41, 5.74) is 2.33. The van der Waals surface area contributed by atoms with Gasteiger partial charge in [-0.05, 0) is 47.4 Å². The Bertz CT molecular complexity index is 513. The summed E-state index contributed by atoms with van der Waals surface area (Å²) in [6.07, 6.45) is 9.04. The molecule has 0 amide bonds. The van der Waals surface area contributed by atoms with E-state index in [4.69, 9.17) is 0 Å². The summed E-state index contributed by atoms with van der Waals surface area (Å²) in [6.45, 7) is 6.95. The summed E-state index contributed by atoms with van der Waals surface area (Å²) in [7, 11) is -0.198. The van der Waals surface area contributed by atoms with E-state index >= 15 is 0 Å². The highest BCUT2D eigenvalue weighted by Gasteiger charge is 2.26. The van der Waals surface area contributed by atoms with Crippen LogP contribution in [0.25, 0.3) is 0 Å². The molecular weight excluding hydrogens is 312 g/mol. The third-order valence-corrected chi connectivity index (χ3v) is 8.32. The minimum Gasteiger partial charge on any atom is -0.508 e. The number of phenols is 1. The van der Waals surface area contributed by atoms with Gasteiger partial charge >= 0.3 is 0 Å². The van der Waals surface area contributed by atoms with Crippen LogP contribution >= 0.6 is 0 Å². The summed E-state index contributed by atoms with van der Waals surface area (Å²) in [6, 6.07) is 7.76. The molecule has 1 aromatic carbocycles. The van der Waals surface area contributed by atoms with Gasteiger partial charge in [-0.3, -0.25) is 0 Å². The van der Waals surface area contributed by atoms with Crippen molar-refractivity contribution in [3.63, 3.8) is 0 Å². The van der Waals surface area contributed by atoms with Crippen molar-refractivity contribution in [1.29, 1.82) is 0 Å². The molecule has 0 aliphatic heterocycles. The fraction of sp³-hybridized carbons (Fsp3) is 0.714. The fourth-order valence-electron chi connectivity index (χ4n) is 4.07. The molecule has 136 valence electrons. The first-order chi connectivity index (χ1) is 11.4. The highest BCUT2D eigenvalue weighted by molar-refractivity contribution is 6.39. The zero-order chi connectivity index (χ0) is 17.6. The van der Waals surface area contributed by atoms with Crippen LogP contribution in [0.5, 0.6) is 5.75 Å². The number of phenolic OH excluding ortho intramolecular Hbond substituents is 1. The number of aromatic hydroxyl groups is 1. The maximum atomic E-state index is 10.6. The Balaban J connectivity index is 1.99. The molecule has 0 spiro atoms. The Labute approximate surface area is 150 Å². The van der Waals surface area contributed by atoms with E-state index < -0.39 is 0 Å². The van der Waals surface area contributed by atoms with Crippen molar-refractivity contribution in [3.05, 3.63) is 29.3 Å². The summed E-state index contributed by atoms with van der Waals surface area (Å²) in [5, 5.41) is 20.7. The zero-order valence-corrected chi connectivity index (χ0v) is 17.3. The van der Waals surface area contributed by atoms with Gasteiger partial charge in [-0.25, -0.2) is 0 Å². The van der Waals surface area contributed by atoms with Crippen LogP contribution in [0, 0.1) is 0 Å². The molecule has 24 heavy (non-hydrogen) atoms. The van der Waals surface area contributed by atoms with Crippen LogP contribution in [-0.2, 0) is 5.04 Å². The van der Waals surface area contributed by atoms with Gasteiger partial charge in [-0.15, -0.1) is 0 Å². The predicted octanol–water partition coefficient (Wildman–Crippen LogP) is 4.81. The SMILES string of the molecule is CCCCCC[SiH2]C(C)(C)c1ccc(C2CCCC(O)C2)c(O)c1. The minimum atomic E-state index is -0.199. The standard InChI is InChI=1S/C21H36O2Si/c1-4-5-6-7-13-24-21(2,3)17-11-12-19(20(23)15-17)16-9-8-10-18(22)14-16/h11-12,15-16,18,22-23H,4-10,13-14,24H2,1-3H3. The number of hydrogen-bond acceptors (Lipinski definition) is 2. The molecule has 1 aromatic rings. The molecule has 0 saturated heterocycles. The topological polar surface area (TPSA) is 40.5 Å². The lowest BCUT2D eigenvalue weighted by Crippen LogP contribution is -2.25. The summed E-state index contributed by atoms with van der Waals surface area (Å²) in [4.78, 5) is 0. The van der Waals surface area contributed by atoms with Gasteiger partial charge in [-0.2, -0.15) is 0 Å². The van der Waals surface area contributed by atoms with Crippen LogP contribution in [0.15, 0.2) is 18.2 Å². The molecule has 3 heteroatoms. The van der Waals surface area contributed by atoms with Crippen molar-refractivity contribution in [2.45, 2.75) is 95.2 Å². The summed E-state index contributed by atoms with van der Waals surface area (Å²) in [5.74, 6) is 0.761. The molecule has 1 aliphatic rings. The predicted molar refractivity (Wildman–Crippen MR) is 106 cm³/mol. The van der Waals surface area contributed by atoms with Crippen LogP contribution in [-0.4, -0.2) is 25.8 Å². The maximum absolute atomic E-state index is 10.6. The Morgan fingerprint density at radius 2 is 1.96 bits per heavy atom. The Morgan fingerprint density at radius 3 is 2.62 bits per heavy atom. The van der Waals surface area contributed by atoms with Gasteiger partial charge in [0.05, 0.1) is 6.10 Å². The van der Waals surface area contributed by atoms with E-state index in [2.05, 4.69) is 32.9 Å². The smallest absolute Gasteiger partial charge is 0.119 e. The van der Waals surface area contributed by atoms with E-state index in [1.165, 1.54) is 37.3 Å². The zero-order valence-electron chi connectivity index (χ0n) is 15.9. The molecule has 2 nitrogen and oxygen atoms in total. The number of unbranched alkanes of at least 4 members (excludes halogenated alkanes) is 3. The monoisotopic (exact) mass is 348 g/mol. The molecule has 1 saturated carbocycles. The van der Waals surface area contributed by atoms with Crippen LogP contribution < -0.4 is 0 Å². The molecule has 1 fully saturated rings. The molecule has 0 heterocycles. The van der Waals surface area contributed by atoms with Gasteiger partial charge in [0.2, 0.25) is 0 Å². The third kappa shape index (κ3) is 5.35. The normalized spacial score (nSPS) is 22.3. The first-order valence-corrected chi connectivity index (χ1v) is 11.7. The summed E-state index contributed by atoms with van der Waals surface area (Å²) >= 11 is 0. The molecule has 2 N–H and O–H groups in total. The van der Waals surface area contributed by atoms with Crippen molar-refractivity contribution in [2.75, 3.05) is 0 Å². The van der Waals surface area contributed by atoms with Crippen LogP contribution in [0.4, 0.5) is 0 Å². The van der Waals surface area contributed by atoms with E-state index in [-0.39, 0.29) is 20.7 Å². The van der Waals surface area contributed by atoms with Crippen molar-refractivity contribution in [1.82, 2.24) is 0 Å². The number of rotatable bonds is 8. The lowest BCUT2D eigenvalue weighted by Gasteiger charge is -2.29. The third-order valence-electron chi connectivity index (χ3n) is 5.80. The second-order valence-electron chi connectivity index (χ2n) is 8.34. The molecule has 2 rings (SSSR count). The number of benzene rings is 1. The fourth-order valence-corrected chi connectivity index (χ4v) is 6.07. The average Bonchev–Trinajstić information content (AvgIpc) is 2.54. The van der Waals surface area contributed by atoms with Gasteiger partial charge in [0.15, 0.2) is 0 Å². The van der Waals surface area contributed by atoms with Crippen molar-refractivity contribution < 1.29 is 10.2 Å². The Morgan fingerprint density at radius 1 is 1.17 bits per heavy atom. The summed E-state index contributed by atoms with van der Waals surface area (Å²) < 4.78 is 0. The van der Waals surface area contributed by atoms with Gasteiger partial charge in [0.1, 0.15) is 5.75 Å². The lowest BCUT2D eigenvalue weighted by atomic mass is 9.81. The highest BCUT2D eigenvalue weighted by Crippen LogP contribution is 2.39. The highest BCUT2D eigenvalue weighted by atomic mass is 28.2. The van der Waals surface area contributed by atoms with E-state index in [0.717, 1.165) is 31.2 Å². The molecule has 2 unspecified atom stereocenters.